The highest BCUT2D eigenvalue weighted by molar-refractivity contribution is 5.84. The average molecular weight is 295 g/mol. The van der Waals surface area contributed by atoms with Gasteiger partial charge in [-0.05, 0) is 59.8 Å². The summed E-state index contributed by atoms with van der Waals surface area (Å²) in [6.45, 7) is 1.32. The van der Waals surface area contributed by atoms with Crippen molar-refractivity contribution in [2.24, 2.45) is 0 Å². The second-order valence-electron chi connectivity index (χ2n) is 6.04. The average Bonchev–Trinajstić information content (AvgIpc) is 3.02. The van der Waals surface area contributed by atoms with E-state index in [0.717, 1.165) is 36.6 Å². The minimum absolute atomic E-state index is 0.308. The summed E-state index contributed by atoms with van der Waals surface area (Å²) in [4.78, 5) is 0. The monoisotopic (exact) mass is 295 g/mol. The van der Waals surface area contributed by atoms with Crippen LogP contribution in [0.4, 0.5) is 0 Å². The lowest BCUT2D eigenvalue weighted by atomic mass is 9.77. The van der Waals surface area contributed by atoms with E-state index in [2.05, 4.69) is 23.5 Å². The van der Waals surface area contributed by atoms with E-state index in [1.807, 2.05) is 6.07 Å². The van der Waals surface area contributed by atoms with E-state index in [-0.39, 0.29) is 0 Å². The highest BCUT2D eigenvalue weighted by Gasteiger charge is 2.35. The summed E-state index contributed by atoms with van der Waals surface area (Å²) in [7, 11) is 1.71. The quantitative estimate of drug-likeness (QED) is 0.878. The lowest BCUT2D eigenvalue weighted by molar-refractivity contribution is 0.174. The molecule has 0 radical (unpaired) electrons. The largest absolute Gasteiger partial charge is 0.497 e. The van der Waals surface area contributed by atoms with Crippen molar-refractivity contribution in [3.05, 3.63) is 41.0 Å². The van der Waals surface area contributed by atoms with E-state index in [1.54, 1.807) is 7.11 Å². The van der Waals surface area contributed by atoms with Gasteiger partial charge in [0.15, 0.2) is 11.5 Å². The van der Waals surface area contributed by atoms with Crippen LogP contribution in [0.3, 0.4) is 0 Å². The van der Waals surface area contributed by atoms with E-state index < -0.39 is 0 Å². The molecule has 0 unspecified atom stereocenters. The molecular formula is C18H17NO3. The van der Waals surface area contributed by atoms with Gasteiger partial charge in [0.1, 0.15) is 5.75 Å². The molecule has 0 aromatic heterocycles. The second kappa shape index (κ2) is 4.40. The lowest BCUT2D eigenvalue weighted by Gasteiger charge is -2.34. The van der Waals surface area contributed by atoms with Crippen LogP contribution in [0, 0.1) is 0 Å². The van der Waals surface area contributed by atoms with Crippen molar-refractivity contribution in [2.45, 2.75) is 18.9 Å². The topological polar surface area (TPSA) is 39.7 Å². The molecule has 22 heavy (non-hydrogen) atoms. The molecule has 0 amide bonds. The van der Waals surface area contributed by atoms with Crippen molar-refractivity contribution in [1.29, 1.82) is 0 Å². The smallest absolute Gasteiger partial charge is 0.231 e. The fourth-order valence-electron chi connectivity index (χ4n) is 3.95. The molecule has 2 aromatic carbocycles. The summed E-state index contributed by atoms with van der Waals surface area (Å²) in [6, 6.07) is 8.86. The Hall–Kier alpha value is -2.20. The minimum atomic E-state index is 0.308. The lowest BCUT2D eigenvalue weighted by Crippen LogP contribution is -2.33. The third-order valence-corrected chi connectivity index (χ3v) is 4.93. The van der Waals surface area contributed by atoms with Crippen LogP contribution in [0.2, 0.25) is 0 Å². The van der Waals surface area contributed by atoms with Crippen molar-refractivity contribution in [2.75, 3.05) is 20.4 Å². The third kappa shape index (κ3) is 1.56. The van der Waals surface area contributed by atoms with Crippen molar-refractivity contribution in [1.82, 2.24) is 5.32 Å². The van der Waals surface area contributed by atoms with E-state index in [4.69, 9.17) is 14.2 Å². The Balaban J connectivity index is 1.85. The van der Waals surface area contributed by atoms with Gasteiger partial charge < -0.3 is 19.5 Å². The summed E-state index contributed by atoms with van der Waals surface area (Å²) in [5, 5.41) is 3.65. The molecule has 5 rings (SSSR count). The zero-order valence-corrected chi connectivity index (χ0v) is 12.4. The molecule has 0 bridgehead atoms. The molecule has 2 aromatic rings. The predicted molar refractivity (Wildman–Crippen MR) is 82.7 cm³/mol. The van der Waals surface area contributed by atoms with Gasteiger partial charge >= 0.3 is 0 Å². The molecule has 1 aliphatic carbocycles. The van der Waals surface area contributed by atoms with Crippen molar-refractivity contribution in [3.8, 4) is 28.4 Å². The van der Waals surface area contributed by atoms with Gasteiger partial charge in [-0.25, -0.2) is 0 Å². The van der Waals surface area contributed by atoms with E-state index in [9.17, 15) is 0 Å². The SMILES string of the molecule is COc1ccc2c(c1)-c1c3c(cc4c1[C@@H](C2)NCC4)OCO3. The first kappa shape index (κ1) is 12.4. The van der Waals surface area contributed by atoms with Crippen molar-refractivity contribution < 1.29 is 14.2 Å². The number of methoxy groups -OCH3 is 1. The predicted octanol–water partition coefficient (Wildman–Crippen LogP) is 2.83. The Kier molecular flexibility index (Phi) is 2.47. The Labute approximate surface area is 129 Å². The van der Waals surface area contributed by atoms with Crippen molar-refractivity contribution in [3.63, 3.8) is 0 Å². The van der Waals surface area contributed by atoms with Gasteiger partial charge in [0.25, 0.3) is 0 Å². The summed E-state index contributed by atoms with van der Waals surface area (Å²) in [6.07, 6.45) is 2.05. The number of rotatable bonds is 1. The van der Waals surface area contributed by atoms with Crippen LogP contribution >= 0.6 is 0 Å². The maximum Gasteiger partial charge on any atom is 0.231 e. The summed E-state index contributed by atoms with van der Waals surface area (Å²) >= 11 is 0. The molecule has 0 fully saturated rings. The zero-order valence-electron chi connectivity index (χ0n) is 12.4. The van der Waals surface area contributed by atoms with E-state index >= 15 is 0 Å². The zero-order chi connectivity index (χ0) is 14.7. The molecular weight excluding hydrogens is 278 g/mol. The minimum Gasteiger partial charge on any atom is -0.497 e. The summed E-state index contributed by atoms with van der Waals surface area (Å²) < 4.78 is 16.9. The van der Waals surface area contributed by atoms with Gasteiger partial charge in [0, 0.05) is 11.6 Å². The van der Waals surface area contributed by atoms with E-state index in [1.165, 1.54) is 27.8 Å². The number of benzene rings is 2. The first-order valence-corrected chi connectivity index (χ1v) is 7.71. The maximum atomic E-state index is 5.81. The van der Waals surface area contributed by atoms with Gasteiger partial charge in [-0.15, -0.1) is 0 Å². The fourth-order valence-corrected chi connectivity index (χ4v) is 3.95. The third-order valence-electron chi connectivity index (χ3n) is 4.93. The normalized spacial score (nSPS) is 20.3. The molecule has 2 aliphatic heterocycles. The molecule has 2 heterocycles. The summed E-state index contributed by atoms with van der Waals surface area (Å²) in [5.41, 5.74) is 6.52. The summed E-state index contributed by atoms with van der Waals surface area (Å²) in [5.74, 6) is 2.65. The van der Waals surface area contributed by atoms with Crippen LogP contribution < -0.4 is 19.5 Å². The first-order chi connectivity index (χ1) is 10.8. The van der Waals surface area contributed by atoms with Crippen LogP contribution in [-0.4, -0.2) is 20.4 Å². The van der Waals surface area contributed by atoms with Gasteiger partial charge in [-0.1, -0.05) is 6.07 Å². The number of nitrogens with one attached hydrogen (secondary N) is 1. The fraction of sp³-hybridized carbons (Fsp3) is 0.333. The Morgan fingerprint density at radius 2 is 2.14 bits per heavy atom. The number of hydrogen-bond acceptors (Lipinski definition) is 4. The van der Waals surface area contributed by atoms with Crippen LogP contribution in [-0.2, 0) is 12.8 Å². The molecule has 1 atom stereocenters. The van der Waals surface area contributed by atoms with Crippen LogP contribution in [0.5, 0.6) is 17.2 Å². The molecule has 1 N–H and O–H groups in total. The Morgan fingerprint density at radius 3 is 3.05 bits per heavy atom. The van der Waals surface area contributed by atoms with Crippen LogP contribution in [0.25, 0.3) is 11.1 Å². The maximum absolute atomic E-state index is 5.81. The van der Waals surface area contributed by atoms with E-state index in [0.29, 0.717) is 12.8 Å². The highest BCUT2D eigenvalue weighted by atomic mass is 16.7. The first-order valence-electron chi connectivity index (χ1n) is 7.71. The molecule has 112 valence electrons. The number of fused-ring (bicyclic) bond motifs is 4. The Morgan fingerprint density at radius 1 is 1.18 bits per heavy atom. The molecule has 0 spiro atoms. The second-order valence-corrected chi connectivity index (χ2v) is 6.04. The standard InChI is InChI=1S/C18H17NO3/c1-20-12-3-2-10-6-14-16-11(4-5-19-14)7-15-18(22-9-21-15)17(16)13(10)8-12/h2-3,7-8,14,19H,4-6,9H2,1H3/t14-/m1/s1. The van der Waals surface area contributed by atoms with Crippen molar-refractivity contribution >= 4 is 0 Å². The number of ether oxygens (including phenoxy) is 3. The highest BCUT2D eigenvalue weighted by Crippen LogP contribution is 2.52. The van der Waals surface area contributed by atoms with Gasteiger partial charge in [-0.2, -0.15) is 0 Å². The number of hydrogen-bond donors (Lipinski definition) is 1. The molecule has 0 saturated heterocycles. The molecule has 4 nitrogen and oxygen atoms in total. The van der Waals surface area contributed by atoms with Crippen LogP contribution in [0.15, 0.2) is 24.3 Å². The van der Waals surface area contributed by atoms with Gasteiger partial charge in [0.2, 0.25) is 6.79 Å². The molecule has 0 saturated carbocycles. The molecule has 4 heteroatoms. The molecule has 3 aliphatic rings. The van der Waals surface area contributed by atoms with Gasteiger partial charge in [-0.3, -0.25) is 0 Å². The Bertz CT molecular complexity index is 784. The van der Waals surface area contributed by atoms with Crippen LogP contribution in [0.1, 0.15) is 22.7 Å². The van der Waals surface area contributed by atoms with Gasteiger partial charge in [0.05, 0.1) is 7.11 Å².